The molecule has 7 heteroatoms. The molecule has 1 spiro atoms. The Morgan fingerprint density at radius 2 is 1.53 bits per heavy atom. The molecule has 0 saturated carbocycles. The van der Waals surface area contributed by atoms with Crippen molar-refractivity contribution in [3.63, 3.8) is 0 Å². The van der Waals surface area contributed by atoms with Gasteiger partial charge in [0, 0.05) is 11.4 Å². The zero-order valence-electron chi connectivity index (χ0n) is 19.0. The number of benzene rings is 2. The van der Waals surface area contributed by atoms with Gasteiger partial charge in [-0.05, 0) is 46.2 Å². The van der Waals surface area contributed by atoms with Crippen LogP contribution in [0.15, 0.2) is 89.6 Å². The van der Waals surface area contributed by atoms with Crippen LogP contribution >= 0.6 is 22.7 Å². The summed E-state index contributed by atoms with van der Waals surface area (Å²) in [6, 6.07) is 21.4. The first-order valence-corrected chi connectivity index (χ1v) is 13.5. The molecule has 3 aliphatic rings. The van der Waals surface area contributed by atoms with Crippen LogP contribution in [0.5, 0.6) is 0 Å². The smallest absolute Gasteiger partial charge is 0.238 e. The maximum atomic E-state index is 14.4. The van der Waals surface area contributed by atoms with Crippen molar-refractivity contribution in [1.29, 1.82) is 0 Å². The molecule has 36 heavy (non-hydrogen) atoms. The predicted octanol–water partition coefficient (Wildman–Crippen LogP) is 5.67. The van der Waals surface area contributed by atoms with Crippen LogP contribution in [0.1, 0.15) is 30.5 Å². The Labute approximate surface area is 215 Å². The Morgan fingerprint density at radius 3 is 2.28 bits per heavy atom. The highest BCUT2D eigenvalue weighted by molar-refractivity contribution is 7.12. The molecule has 0 radical (unpaired) electrons. The second kappa shape index (κ2) is 7.85. The summed E-state index contributed by atoms with van der Waals surface area (Å²) < 4.78 is 0. The van der Waals surface area contributed by atoms with E-state index in [-0.39, 0.29) is 17.5 Å². The molecule has 7 rings (SSSR count). The number of para-hydroxylation sites is 2. The fourth-order valence-corrected chi connectivity index (χ4v) is 7.66. The number of anilines is 2. The van der Waals surface area contributed by atoms with Crippen LogP contribution in [0, 0.1) is 5.92 Å². The van der Waals surface area contributed by atoms with Gasteiger partial charge in [-0.2, -0.15) is 0 Å². The lowest BCUT2D eigenvalue weighted by molar-refractivity contribution is -0.121. The number of amides is 1. The largest absolute Gasteiger partial charge is 0.352 e. The number of carbonyl (C=O) groups excluding carboxylic acids is 3. The summed E-state index contributed by atoms with van der Waals surface area (Å²) in [6.45, 7) is 0. The van der Waals surface area contributed by atoms with E-state index in [1.165, 1.54) is 22.7 Å². The van der Waals surface area contributed by atoms with Crippen LogP contribution in [0.2, 0.25) is 0 Å². The summed E-state index contributed by atoms with van der Waals surface area (Å²) in [5.41, 5.74) is 2.04. The molecule has 4 atom stereocenters. The highest BCUT2D eigenvalue weighted by atomic mass is 32.1. The number of rotatable bonds is 4. The van der Waals surface area contributed by atoms with Gasteiger partial charge in [-0.3, -0.25) is 14.4 Å². The van der Waals surface area contributed by atoms with E-state index in [0.29, 0.717) is 15.4 Å². The van der Waals surface area contributed by atoms with Crippen molar-refractivity contribution in [2.24, 2.45) is 5.92 Å². The van der Waals surface area contributed by atoms with E-state index in [0.717, 1.165) is 16.8 Å². The van der Waals surface area contributed by atoms with Gasteiger partial charge in [0.25, 0.3) is 0 Å². The quantitative estimate of drug-likeness (QED) is 0.361. The highest BCUT2D eigenvalue weighted by Crippen LogP contribution is 2.58. The minimum atomic E-state index is -1.25. The fraction of sp³-hybridized carbons (Fsp3) is 0.138. The third-order valence-corrected chi connectivity index (χ3v) is 9.39. The first-order valence-electron chi connectivity index (χ1n) is 11.7. The maximum Gasteiger partial charge on any atom is 0.238 e. The molecule has 2 aromatic heterocycles. The number of fused-ring (bicyclic) bond motifs is 6. The van der Waals surface area contributed by atoms with Crippen molar-refractivity contribution >= 4 is 57.6 Å². The molecule has 5 heterocycles. The van der Waals surface area contributed by atoms with Gasteiger partial charge in [-0.15, -0.1) is 22.7 Å². The van der Waals surface area contributed by atoms with Crippen LogP contribution in [-0.2, 0) is 10.2 Å². The fourth-order valence-electron chi connectivity index (χ4n) is 6.26. The topological polar surface area (TPSA) is 66.5 Å². The molecular formula is C29H20N2O3S2. The number of nitrogens with zero attached hydrogens (tertiary/aromatic N) is 1. The number of carbonyl (C=O) groups is 3. The number of ketones is 2. The molecule has 1 amide bonds. The van der Waals surface area contributed by atoms with Gasteiger partial charge in [0.2, 0.25) is 5.91 Å². The summed E-state index contributed by atoms with van der Waals surface area (Å²) in [6.07, 6.45) is 4.01. The second-order valence-corrected chi connectivity index (χ2v) is 11.1. The van der Waals surface area contributed by atoms with Crippen LogP contribution in [0.4, 0.5) is 11.4 Å². The number of hydrogen-bond acceptors (Lipinski definition) is 6. The van der Waals surface area contributed by atoms with Crippen molar-refractivity contribution in [2.75, 3.05) is 10.2 Å². The summed E-state index contributed by atoms with van der Waals surface area (Å²) in [5.74, 6) is -1.45. The Balaban J connectivity index is 1.55. The van der Waals surface area contributed by atoms with Crippen LogP contribution in [-0.4, -0.2) is 29.6 Å². The van der Waals surface area contributed by atoms with Gasteiger partial charge in [0.1, 0.15) is 11.5 Å². The van der Waals surface area contributed by atoms with Crippen molar-refractivity contribution < 1.29 is 14.4 Å². The molecular weight excluding hydrogens is 488 g/mol. The van der Waals surface area contributed by atoms with Gasteiger partial charge < -0.3 is 10.2 Å². The normalized spacial score (nSPS) is 25.4. The predicted molar refractivity (Wildman–Crippen MR) is 143 cm³/mol. The number of thiophene rings is 2. The first kappa shape index (κ1) is 21.5. The van der Waals surface area contributed by atoms with E-state index in [2.05, 4.69) is 5.32 Å². The molecule has 3 aliphatic heterocycles. The molecule has 2 aromatic carbocycles. The average Bonchev–Trinajstić information content (AvgIpc) is 3.70. The van der Waals surface area contributed by atoms with E-state index in [4.69, 9.17) is 0 Å². The van der Waals surface area contributed by atoms with E-state index < -0.39 is 23.4 Å². The lowest BCUT2D eigenvalue weighted by Crippen LogP contribution is -2.51. The summed E-state index contributed by atoms with van der Waals surface area (Å²) in [5, 5.41) is 6.78. The molecule has 1 saturated heterocycles. The van der Waals surface area contributed by atoms with E-state index in [1.807, 2.05) is 88.5 Å². The average molecular weight is 509 g/mol. The van der Waals surface area contributed by atoms with Crippen molar-refractivity contribution in [3.05, 3.63) is 111 Å². The van der Waals surface area contributed by atoms with Gasteiger partial charge >= 0.3 is 0 Å². The zero-order chi connectivity index (χ0) is 24.4. The monoisotopic (exact) mass is 508 g/mol. The number of hydrogen-bond donors (Lipinski definition) is 1. The van der Waals surface area contributed by atoms with Gasteiger partial charge in [-0.1, -0.05) is 60.7 Å². The van der Waals surface area contributed by atoms with Crippen molar-refractivity contribution in [1.82, 2.24) is 0 Å². The van der Waals surface area contributed by atoms with Gasteiger partial charge in [0.15, 0.2) is 11.6 Å². The third kappa shape index (κ3) is 2.72. The van der Waals surface area contributed by atoms with E-state index >= 15 is 0 Å². The minimum Gasteiger partial charge on any atom is -0.352 e. The second-order valence-electron chi connectivity index (χ2n) is 9.24. The molecule has 176 valence electrons. The first-order chi connectivity index (χ1) is 17.6. The highest BCUT2D eigenvalue weighted by Gasteiger charge is 2.70. The van der Waals surface area contributed by atoms with Gasteiger partial charge in [-0.25, -0.2) is 0 Å². The molecule has 0 aliphatic carbocycles. The molecule has 5 nitrogen and oxygen atoms in total. The number of nitrogens with one attached hydrogen (secondary N) is 1. The standard InChI is InChI=1S/C29H20N2O3S2/c32-26(21-11-5-15-35-21)24-25(27(33)22-12-6-16-36-22)31-20-10-4-1-7-17(20)13-14-23(31)29(24)18-8-2-3-9-19(18)30-28(29)34/h1-16,23-25H,(H,30,34). The van der Waals surface area contributed by atoms with Crippen LogP contribution < -0.4 is 10.2 Å². The lowest BCUT2D eigenvalue weighted by atomic mass is 9.65. The third-order valence-electron chi connectivity index (χ3n) is 7.62. The molecule has 1 fully saturated rings. The SMILES string of the molecule is O=C(c1cccs1)C1C(C(=O)c2cccs2)C2(C(=O)Nc3ccccc32)C2C=Cc3ccccc3N12. The summed E-state index contributed by atoms with van der Waals surface area (Å²) in [7, 11) is 0. The van der Waals surface area contributed by atoms with E-state index in [9.17, 15) is 14.4 Å². The van der Waals surface area contributed by atoms with Crippen LogP contribution in [0.25, 0.3) is 6.08 Å². The Kier molecular flexibility index (Phi) is 4.68. The summed E-state index contributed by atoms with van der Waals surface area (Å²) >= 11 is 2.71. The molecule has 4 unspecified atom stereocenters. The van der Waals surface area contributed by atoms with E-state index in [1.54, 1.807) is 12.1 Å². The Bertz CT molecular complexity index is 1560. The Morgan fingerprint density at radius 1 is 0.833 bits per heavy atom. The van der Waals surface area contributed by atoms with Crippen molar-refractivity contribution in [3.8, 4) is 0 Å². The van der Waals surface area contributed by atoms with Gasteiger partial charge in [0.05, 0.1) is 21.7 Å². The zero-order valence-corrected chi connectivity index (χ0v) is 20.6. The minimum absolute atomic E-state index is 0.135. The maximum absolute atomic E-state index is 14.4. The van der Waals surface area contributed by atoms with Crippen molar-refractivity contribution in [2.45, 2.75) is 17.5 Å². The van der Waals surface area contributed by atoms with Crippen LogP contribution in [0.3, 0.4) is 0 Å². The molecule has 0 bridgehead atoms. The Hall–Kier alpha value is -3.81. The lowest BCUT2D eigenvalue weighted by Gasteiger charge is -2.37. The summed E-state index contributed by atoms with van der Waals surface area (Å²) in [4.78, 5) is 46.0. The molecule has 1 N–H and O–H groups in total. The molecule has 4 aromatic rings. The number of Topliss-reactive ketones (excluding diaryl/α,β-unsaturated/α-hetero) is 2.